The molecule has 2 aromatic heterocycles. The number of nitrogens with one attached hydrogen (secondary N) is 1. The minimum absolute atomic E-state index is 0.0421. The normalized spacial score (nSPS) is 10.5. The molecule has 3 aromatic rings. The number of hydrogen-bond acceptors (Lipinski definition) is 6. The molecule has 0 spiro atoms. The largest absolute Gasteiger partial charge is 0.347 e. The van der Waals surface area contributed by atoms with Crippen molar-refractivity contribution in [1.29, 1.82) is 0 Å². The Hall–Kier alpha value is -2.67. The summed E-state index contributed by atoms with van der Waals surface area (Å²) in [4.78, 5) is 21.3. The fourth-order valence-corrected chi connectivity index (χ4v) is 2.53. The number of carbonyl (C=O) groups is 1. The van der Waals surface area contributed by atoms with Gasteiger partial charge in [-0.05, 0) is 42.5 Å². The van der Waals surface area contributed by atoms with Crippen LogP contribution in [0.4, 0.5) is 0 Å². The predicted octanol–water partition coefficient (Wildman–Crippen LogP) is 2.83. The van der Waals surface area contributed by atoms with E-state index in [9.17, 15) is 4.79 Å². The van der Waals surface area contributed by atoms with E-state index in [1.807, 2.05) is 6.26 Å². The molecule has 0 radical (unpaired) electrons. The van der Waals surface area contributed by atoms with Crippen molar-refractivity contribution in [3.8, 4) is 11.4 Å². The second kappa shape index (κ2) is 7.74. The smallest absolute Gasteiger partial charge is 0.316 e. The Morgan fingerprint density at radius 1 is 1.17 bits per heavy atom. The quantitative estimate of drug-likeness (QED) is 0.695. The maximum absolute atomic E-state index is 12.1. The summed E-state index contributed by atoms with van der Waals surface area (Å²) in [5.74, 6) is -0.0433. The lowest BCUT2D eigenvalue weighted by molar-refractivity contribution is 0.0910. The molecular weight excluding hydrogens is 324 g/mol. The number of carbonyl (C=O) groups excluding carboxylic acids is 1. The summed E-state index contributed by atoms with van der Waals surface area (Å²) in [5.41, 5.74) is 1.91. The van der Waals surface area contributed by atoms with Gasteiger partial charge < -0.3 is 9.84 Å². The standard InChI is InChI=1S/C17H16N4O2S/c1-24-14-4-2-12(3-5-14)6-11-19-16(22)17-20-15(21-23-17)13-7-9-18-10-8-13/h2-5,7-10H,6,11H2,1H3,(H,19,22). The number of aromatic nitrogens is 3. The van der Waals surface area contributed by atoms with E-state index in [0.29, 0.717) is 12.4 Å². The number of amides is 1. The van der Waals surface area contributed by atoms with Crippen LogP contribution in [0.15, 0.2) is 58.2 Å². The van der Waals surface area contributed by atoms with E-state index < -0.39 is 0 Å². The monoisotopic (exact) mass is 340 g/mol. The summed E-state index contributed by atoms with van der Waals surface area (Å²) >= 11 is 1.70. The summed E-state index contributed by atoms with van der Waals surface area (Å²) < 4.78 is 5.02. The van der Waals surface area contributed by atoms with E-state index in [0.717, 1.165) is 17.5 Å². The third-order valence-corrected chi connectivity index (χ3v) is 4.16. The number of benzene rings is 1. The molecule has 122 valence electrons. The molecule has 0 aliphatic carbocycles. The van der Waals surface area contributed by atoms with Crippen LogP contribution in [0, 0.1) is 0 Å². The van der Waals surface area contributed by atoms with Gasteiger partial charge in [0.15, 0.2) is 0 Å². The molecule has 0 bridgehead atoms. The van der Waals surface area contributed by atoms with Crippen molar-refractivity contribution in [3.63, 3.8) is 0 Å². The third-order valence-electron chi connectivity index (χ3n) is 3.42. The number of hydrogen-bond donors (Lipinski definition) is 1. The molecule has 0 fully saturated rings. The van der Waals surface area contributed by atoms with Crippen molar-refractivity contribution in [1.82, 2.24) is 20.4 Å². The lowest BCUT2D eigenvalue weighted by Gasteiger charge is -2.03. The van der Waals surface area contributed by atoms with Crippen molar-refractivity contribution in [2.45, 2.75) is 11.3 Å². The van der Waals surface area contributed by atoms with Gasteiger partial charge in [-0.1, -0.05) is 17.3 Å². The molecule has 1 amide bonds. The maximum atomic E-state index is 12.1. The second-order valence-electron chi connectivity index (χ2n) is 5.01. The third kappa shape index (κ3) is 3.99. The molecule has 1 N–H and O–H groups in total. The van der Waals surface area contributed by atoms with Crippen molar-refractivity contribution in [2.75, 3.05) is 12.8 Å². The Labute approximate surface area is 143 Å². The van der Waals surface area contributed by atoms with E-state index in [2.05, 4.69) is 44.7 Å². The average Bonchev–Trinajstić information content (AvgIpc) is 3.13. The summed E-state index contributed by atoms with van der Waals surface area (Å²) in [6.07, 6.45) is 6.05. The van der Waals surface area contributed by atoms with Crippen LogP contribution in [-0.2, 0) is 6.42 Å². The van der Waals surface area contributed by atoms with Gasteiger partial charge in [-0.25, -0.2) is 0 Å². The Bertz CT molecular complexity index is 803. The molecule has 1 aromatic carbocycles. The first-order valence-electron chi connectivity index (χ1n) is 7.41. The van der Waals surface area contributed by atoms with Crippen LogP contribution in [0.5, 0.6) is 0 Å². The second-order valence-corrected chi connectivity index (χ2v) is 5.89. The molecular formula is C17H16N4O2S. The van der Waals surface area contributed by atoms with Crippen LogP contribution < -0.4 is 5.32 Å². The van der Waals surface area contributed by atoms with Crippen LogP contribution in [0.3, 0.4) is 0 Å². The molecule has 0 atom stereocenters. The number of nitrogens with zero attached hydrogens (tertiary/aromatic N) is 3. The molecule has 7 heteroatoms. The van der Waals surface area contributed by atoms with Gasteiger partial charge in [0.1, 0.15) is 0 Å². The highest BCUT2D eigenvalue weighted by Gasteiger charge is 2.15. The van der Waals surface area contributed by atoms with Crippen LogP contribution >= 0.6 is 11.8 Å². The maximum Gasteiger partial charge on any atom is 0.316 e. The average molecular weight is 340 g/mol. The molecule has 24 heavy (non-hydrogen) atoms. The fourth-order valence-electron chi connectivity index (χ4n) is 2.12. The highest BCUT2D eigenvalue weighted by Crippen LogP contribution is 2.15. The topological polar surface area (TPSA) is 80.9 Å². The van der Waals surface area contributed by atoms with Gasteiger partial charge in [0.25, 0.3) is 0 Å². The van der Waals surface area contributed by atoms with Crippen LogP contribution in [0.1, 0.15) is 16.2 Å². The van der Waals surface area contributed by atoms with Gasteiger partial charge in [0, 0.05) is 29.4 Å². The predicted molar refractivity (Wildman–Crippen MR) is 91.8 cm³/mol. The van der Waals surface area contributed by atoms with Gasteiger partial charge in [0.2, 0.25) is 5.82 Å². The fraction of sp³-hybridized carbons (Fsp3) is 0.176. The van der Waals surface area contributed by atoms with E-state index in [-0.39, 0.29) is 11.8 Å². The van der Waals surface area contributed by atoms with Gasteiger partial charge in [-0.2, -0.15) is 4.98 Å². The zero-order valence-corrected chi connectivity index (χ0v) is 13.9. The molecule has 3 rings (SSSR count). The van der Waals surface area contributed by atoms with Gasteiger partial charge >= 0.3 is 11.8 Å². The van der Waals surface area contributed by atoms with Crippen molar-refractivity contribution in [3.05, 3.63) is 60.2 Å². The van der Waals surface area contributed by atoms with Gasteiger partial charge in [-0.15, -0.1) is 11.8 Å². The number of thioether (sulfide) groups is 1. The zero-order valence-electron chi connectivity index (χ0n) is 13.1. The van der Waals surface area contributed by atoms with Crippen molar-refractivity contribution in [2.24, 2.45) is 0 Å². The van der Waals surface area contributed by atoms with E-state index in [1.165, 1.54) is 4.90 Å². The minimum Gasteiger partial charge on any atom is -0.347 e. The van der Waals surface area contributed by atoms with E-state index in [1.54, 1.807) is 36.3 Å². The van der Waals surface area contributed by atoms with Gasteiger partial charge in [0.05, 0.1) is 0 Å². The first-order chi connectivity index (χ1) is 11.8. The summed E-state index contributed by atoms with van der Waals surface area (Å²) in [7, 11) is 0. The Morgan fingerprint density at radius 3 is 2.62 bits per heavy atom. The van der Waals surface area contributed by atoms with Crippen LogP contribution in [0.25, 0.3) is 11.4 Å². The molecule has 0 aliphatic rings. The van der Waals surface area contributed by atoms with Crippen LogP contribution in [-0.4, -0.2) is 33.8 Å². The van der Waals surface area contributed by atoms with Gasteiger partial charge in [-0.3, -0.25) is 9.78 Å². The molecule has 0 saturated heterocycles. The molecule has 2 heterocycles. The Morgan fingerprint density at radius 2 is 1.92 bits per heavy atom. The first kappa shape index (κ1) is 16.2. The lowest BCUT2D eigenvalue weighted by Crippen LogP contribution is -2.26. The summed E-state index contributed by atoms with van der Waals surface area (Å²) in [5, 5.41) is 6.60. The van der Waals surface area contributed by atoms with E-state index >= 15 is 0 Å². The first-order valence-corrected chi connectivity index (χ1v) is 8.64. The highest BCUT2D eigenvalue weighted by molar-refractivity contribution is 7.98. The number of rotatable bonds is 6. The molecule has 0 unspecified atom stereocenters. The van der Waals surface area contributed by atoms with Crippen molar-refractivity contribution >= 4 is 17.7 Å². The van der Waals surface area contributed by atoms with Crippen LogP contribution in [0.2, 0.25) is 0 Å². The summed E-state index contributed by atoms with van der Waals surface area (Å²) in [6.45, 7) is 0.504. The zero-order chi connectivity index (χ0) is 16.8. The van der Waals surface area contributed by atoms with Crippen molar-refractivity contribution < 1.29 is 9.32 Å². The minimum atomic E-state index is -0.372. The molecule has 0 aliphatic heterocycles. The Balaban J connectivity index is 1.54. The SMILES string of the molecule is CSc1ccc(CCNC(=O)c2nc(-c3ccncc3)no2)cc1. The molecule has 6 nitrogen and oxygen atoms in total. The lowest BCUT2D eigenvalue weighted by atomic mass is 10.1. The number of pyridine rings is 1. The Kier molecular flexibility index (Phi) is 5.22. The molecule has 0 saturated carbocycles. The van der Waals surface area contributed by atoms with E-state index in [4.69, 9.17) is 4.52 Å². The summed E-state index contributed by atoms with van der Waals surface area (Å²) in [6, 6.07) is 11.8. The highest BCUT2D eigenvalue weighted by atomic mass is 32.2.